The zero-order chi connectivity index (χ0) is 11.8. The molecule has 16 heavy (non-hydrogen) atoms. The monoisotopic (exact) mass is 290 g/mol. The van der Waals surface area contributed by atoms with E-state index in [1.165, 1.54) is 0 Å². The average molecular weight is 291 g/mol. The lowest BCUT2D eigenvalue weighted by atomic mass is 10.3. The third kappa shape index (κ3) is 4.76. The van der Waals surface area contributed by atoms with Crippen LogP contribution < -0.4 is 5.32 Å². The molecule has 0 saturated heterocycles. The first-order valence-electron chi connectivity index (χ1n) is 5.09. The van der Waals surface area contributed by atoms with Crippen LogP contribution in [0.25, 0.3) is 0 Å². The van der Waals surface area contributed by atoms with Gasteiger partial charge in [0.15, 0.2) is 0 Å². The van der Waals surface area contributed by atoms with E-state index in [0.29, 0.717) is 25.5 Å². The molecular weight excluding hydrogens is 276 g/mol. The quantitative estimate of drug-likeness (QED) is 0.611. The van der Waals surface area contributed by atoms with Crippen molar-refractivity contribution in [2.45, 2.75) is 13.3 Å². The normalized spacial score (nSPS) is 10.4. The molecule has 0 unspecified atom stereocenters. The summed E-state index contributed by atoms with van der Waals surface area (Å²) in [5, 5.41) is 7.20. The Morgan fingerprint density at radius 3 is 3.06 bits per heavy atom. The molecule has 0 bridgehead atoms. The molecule has 1 amide bonds. The predicted octanol–water partition coefficient (Wildman–Crippen LogP) is 1.51. The van der Waals surface area contributed by atoms with E-state index in [-0.39, 0.29) is 11.7 Å². The summed E-state index contributed by atoms with van der Waals surface area (Å²) in [4.78, 5) is 11.5. The second-order valence-corrected chi connectivity index (χ2v) is 4.04. The van der Waals surface area contributed by atoms with Crippen LogP contribution in [0.4, 0.5) is 0 Å². The van der Waals surface area contributed by atoms with E-state index in [4.69, 9.17) is 9.26 Å². The van der Waals surface area contributed by atoms with Crippen LogP contribution in [0.1, 0.15) is 22.7 Å². The molecule has 1 aromatic rings. The lowest BCUT2D eigenvalue weighted by molar-refractivity contribution is 0.0908. The maximum atomic E-state index is 11.5. The molecule has 0 atom stereocenters. The van der Waals surface area contributed by atoms with E-state index in [1.807, 2.05) is 0 Å². The number of halogens is 1. The van der Waals surface area contributed by atoms with E-state index in [9.17, 15) is 4.79 Å². The molecule has 0 spiro atoms. The van der Waals surface area contributed by atoms with Crippen LogP contribution in [-0.4, -0.2) is 36.2 Å². The molecule has 0 fully saturated rings. The first-order chi connectivity index (χ1) is 7.74. The number of hydrogen-bond acceptors (Lipinski definition) is 4. The fourth-order valence-electron chi connectivity index (χ4n) is 1.09. The number of carbonyl (C=O) groups is 1. The van der Waals surface area contributed by atoms with Crippen molar-refractivity contribution < 1.29 is 14.1 Å². The van der Waals surface area contributed by atoms with Gasteiger partial charge in [0.2, 0.25) is 5.76 Å². The van der Waals surface area contributed by atoms with Crippen LogP contribution in [0.15, 0.2) is 10.6 Å². The Labute approximate surface area is 103 Å². The first-order valence-corrected chi connectivity index (χ1v) is 6.21. The summed E-state index contributed by atoms with van der Waals surface area (Å²) >= 11 is 3.26. The summed E-state index contributed by atoms with van der Waals surface area (Å²) in [6.07, 6.45) is 0.784. The molecule has 0 saturated carbocycles. The van der Waals surface area contributed by atoms with Crippen molar-refractivity contribution in [2.24, 2.45) is 0 Å². The van der Waals surface area contributed by atoms with Gasteiger partial charge in [0.05, 0.1) is 12.3 Å². The highest BCUT2D eigenvalue weighted by atomic mass is 79.9. The van der Waals surface area contributed by atoms with Crippen molar-refractivity contribution in [3.8, 4) is 0 Å². The maximum absolute atomic E-state index is 11.5. The van der Waals surface area contributed by atoms with E-state index < -0.39 is 0 Å². The summed E-state index contributed by atoms with van der Waals surface area (Å²) in [6.45, 7) is 3.67. The minimum atomic E-state index is -0.235. The SMILES string of the molecule is Cc1cc(C(=O)NCCCOCCBr)on1. The molecule has 6 heteroatoms. The van der Waals surface area contributed by atoms with E-state index in [2.05, 4.69) is 26.4 Å². The van der Waals surface area contributed by atoms with Crippen LogP contribution >= 0.6 is 15.9 Å². The van der Waals surface area contributed by atoms with Crippen molar-refractivity contribution >= 4 is 21.8 Å². The Balaban J connectivity index is 2.11. The van der Waals surface area contributed by atoms with Crippen molar-refractivity contribution in [2.75, 3.05) is 25.1 Å². The second kappa shape index (κ2) is 7.40. The minimum Gasteiger partial charge on any atom is -0.381 e. The van der Waals surface area contributed by atoms with Gasteiger partial charge < -0.3 is 14.6 Å². The summed E-state index contributed by atoms with van der Waals surface area (Å²) in [5.74, 6) is 0.0139. The number of nitrogens with one attached hydrogen (secondary N) is 1. The van der Waals surface area contributed by atoms with Crippen LogP contribution in [0.2, 0.25) is 0 Å². The lowest BCUT2D eigenvalue weighted by Crippen LogP contribution is -2.24. The molecule has 0 radical (unpaired) electrons. The highest BCUT2D eigenvalue weighted by Gasteiger charge is 2.09. The number of alkyl halides is 1. The van der Waals surface area contributed by atoms with Gasteiger partial charge in [-0.25, -0.2) is 0 Å². The van der Waals surface area contributed by atoms with Gasteiger partial charge in [-0.15, -0.1) is 0 Å². The van der Waals surface area contributed by atoms with Gasteiger partial charge in [-0.05, 0) is 13.3 Å². The molecule has 1 rings (SSSR count). The van der Waals surface area contributed by atoms with Gasteiger partial charge in [-0.1, -0.05) is 21.1 Å². The number of nitrogens with zero attached hydrogens (tertiary/aromatic N) is 1. The van der Waals surface area contributed by atoms with Gasteiger partial charge in [0.1, 0.15) is 0 Å². The summed E-state index contributed by atoms with van der Waals surface area (Å²) in [6, 6.07) is 1.61. The number of rotatable bonds is 7. The molecule has 1 N–H and O–H groups in total. The second-order valence-electron chi connectivity index (χ2n) is 3.24. The fourth-order valence-corrected chi connectivity index (χ4v) is 1.32. The zero-order valence-electron chi connectivity index (χ0n) is 9.16. The molecule has 0 aliphatic rings. The third-order valence-corrected chi connectivity index (χ3v) is 2.15. The van der Waals surface area contributed by atoms with E-state index in [1.54, 1.807) is 13.0 Å². The Morgan fingerprint density at radius 1 is 1.62 bits per heavy atom. The number of hydrogen-bond donors (Lipinski definition) is 1. The van der Waals surface area contributed by atoms with E-state index >= 15 is 0 Å². The van der Waals surface area contributed by atoms with Crippen LogP contribution in [0, 0.1) is 6.92 Å². The van der Waals surface area contributed by atoms with E-state index in [0.717, 1.165) is 11.8 Å². The zero-order valence-corrected chi connectivity index (χ0v) is 10.7. The van der Waals surface area contributed by atoms with Gasteiger partial charge in [-0.2, -0.15) is 0 Å². The van der Waals surface area contributed by atoms with Gasteiger partial charge >= 0.3 is 0 Å². The van der Waals surface area contributed by atoms with Crippen molar-refractivity contribution in [3.05, 3.63) is 17.5 Å². The van der Waals surface area contributed by atoms with Gasteiger partial charge in [-0.3, -0.25) is 4.79 Å². The standard InChI is InChI=1S/C10H15BrN2O3/c1-8-7-9(16-13-8)10(14)12-4-2-5-15-6-3-11/h7H,2-6H2,1H3,(H,12,14). The molecule has 1 aromatic heterocycles. The lowest BCUT2D eigenvalue weighted by Gasteiger charge is -2.03. The molecule has 0 aromatic carbocycles. The molecule has 0 aliphatic heterocycles. The van der Waals surface area contributed by atoms with Crippen molar-refractivity contribution in [1.29, 1.82) is 0 Å². The molecule has 5 nitrogen and oxygen atoms in total. The van der Waals surface area contributed by atoms with Crippen molar-refractivity contribution in [1.82, 2.24) is 10.5 Å². The first kappa shape index (κ1) is 13.2. The molecule has 90 valence electrons. The molecule has 1 heterocycles. The third-order valence-electron chi connectivity index (χ3n) is 1.82. The summed E-state index contributed by atoms with van der Waals surface area (Å²) < 4.78 is 10.1. The minimum absolute atomic E-state index is 0.235. The van der Waals surface area contributed by atoms with Crippen LogP contribution in [0.5, 0.6) is 0 Å². The summed E-state index contributed by atoms with van der Waals surface area (Å²) in [7, 11) is 0. The number of carbonyl (C=O) groups excluding carboxylic acids is 1. The number of aryl methyl sites for hydroxylation is 1. The van der Waals surface area contributed by atoms with Gasteiger partial charge in [0, 0.05) is 24.5 Å². The highest BCUT2D eigenvalue weighted by molar-refractivity contribution is 9.09. The summed E-state index contributed by atoms with van der Waals surface area (Å²) in [5.41, 5.74) is 0.700. The van der Waals surface area contributed by atoms with Crippen molar-refractivity contribution in [3.63, 3.8) is 0 Å². The Morgan fingerprint density at radius 2 is 2.44 bits per heavy atom. The fraction of sp³-hybridized carbons (Fsp3) is 0.600. The Kier molecular flexibility index (Phi) is 6.10. The Hall–Kier alpha value is -0.880. The highest BCUT2D eigenvalue weighted by Crippen LogP contribution is 2.01. The predicted molar refractivity (Wildman–Crippen MR) is 62.8 cm³/mol. The smallest absolute Gasteiger partial charge is 0.289 e. The van der Waals surface area contributed by atoms with Crippen LogP contribution in [0.3, 0.4) is 0 Å². The molecule has 0 aliphatic carbocycles. The maximum Gasteiger partial charge on any atom is 0.289 e. The molecular formula is C10H15BrN2O3. The topological polar surface area (TPSA) is 64.4 Å². The largest absolute Gasteiger partial charge is 0.381 e. The number of amides is 1. The van der Waals surface area contributed by atoms with Crippen LogP contribution in [-0.2, 0) is 4.74 Å². The average Bonchev–Trinajstić information content (AvgIpc) is 2.70. The number of aromatic nitrogens is 1. The Bertz CT molecular complexity index is 328. The number of ether oxygens (including phenoxy) is 1. The van der Waals surface area contributed by atoms with Gasteiger partial charge in [0.25, 0.3) is 5.91 Å².